The minimum Gasteiger partial charge on any atom is -0.507 e. The molecule has 0 radical (unpaired) electrons. The lowest BCUT2D eigenvalue weighted by molar-refractivity contribution is -0.141. The molecule has 390 valence electrons. The highest BCUT2D eigenvalue weighted by Crippen LogP contribution is 2.40. The summed E-state index contributed by atoms with van der Waals surface area (Å²) in [6, 6.07) is 22.7. The number of carbonyl (C=O) groups is 2. The minimum atomic E-state index is -0.802. The summed E-state index contributed by atoms with van der Waals surface area (Å²) in [6.07, 6.45) is 4.97. The first kappa shape index (κ1) is 50.8. The number of aromatic nitrogens is 5. The summed E-state index contributed by atoms with van der Waals surface area (Å²) >= 11 is 1.60. The van der Waals surface area contributed by atoms with Crippen LogP contribution in [0.3, 0.4) is 0 Å². The predicted molar refractivity (Wildman–Crippen MR) is 285 cm³/mol. The first-order valence-corrected chi connectivity index (χ1v) is 27.0. The quantitative estimate of drug-likeness (QED) is 0.0742. The Hall–Kier alpha value is -6.67. The number of nitrogens with two attached hydrogens (primary N) is 1. The first-order valence-electron chi connectivity index (χ1n) is 26.1. The molecule has 4 aliphatic rings. The molecule has 2 amide bonds. The Kier molecular flexibility index (Phi) is 15.4. The Morgan fingerprint density at radius 1 is 0.919 bits per heavy atom. The van der Waals surface area contributed by atoms with Crippen LogP contribution in [-0.2, 0) is 16.0 Å². The van der Waals surface area contributed by atoms with Gasteiger partial charge in [-0.15, -0.1) is 21.5 Å². The van der Waals surface area contributed by atoms with Crippen LogP contribution < -0.4 is 25.6 Å². The van der Waals surface area contributed by atoms with Crippen molar-refractivity contribution in [2.75, 3.05) is 81.0 Å². The second kappa shape index (κ2) is 22.4. The number of carbonyl (C=O) groups excluding carboxylic acids is 2. The molecule has 19 heteroatoms. The van der Waals surface area contributed by atoms with Crippen molar-refractivity contribution >= 4 is 40.3 Å². The fourth-order valence-electron chi connectivity index (χ4n) is 11.3. The Labute approximate surface area is 436 Å². The van der Waals surface area contributed by atoms with Gasteiger partial charge >= 0.3 is 0 Å². The number of phenolic OH excluding ortho intramolecular Hbond substituents is 1. The highest BCUT2D eigenvalue weighted by molar-refractivity contribution is 7.13. The lowest BCUT2D eigenvalue weighted by Gasteiger charge is -2.43. The number of β-amino-alcohol motifs (C(OH)–C–C–N with tert-alkyl or cyclic N) is 1. The van der Waals surface area contributed by atoms with Crippen molar-refractivity contribution in [2.24, 2.45) is 5.92 Å². The highest BCUT2D eigenvalue weighted by atomic mass is 32.1. The number of amides is 2. The van der Waals surface area contributed by atoms with Crippen LogP contribution in [0.1, 0.15) is 81.1 Å². The molecule has 3 unspecified atom stereocenters. The number of rotatable bonds is 18. The Morgan fingerprint density at radius 2 is 1.66 bits per heavy atom. The Bertz CT molecular complexity index is 2870. The molecule has 4 aliphatic heterocycles. The molecule has 4 saturated heterocycles. The third kappa shape index (κ3) is 11.2. The number of para-hydroxylation sites is 1. The van der Waals surface area contributed by atoms with E-state index in [-0.39, 0.29) is 42.5 Å². The average Bonchev–Trinajstić information content (AvgIpc) is 4.20. The molecule has 8 heterocycles. The molecule has 74 heavy (non-hydrogen) atoms. The summed E-state index contributed by atoms with van der Waals surface area (Å²) < 4.78 is 12.1. The maximum atomic E-state index is 14.3. The van der Waals surface area contributed by atoms with Crippen molar-refractivity contribution in [3.8, 4) is 33.3 Å². The number of thiazole rings is 1. The molecule has 2 aromatic carbocycles. The maximum absolute atomic E-state index is 14.3. The molecule has 10 rings (SSSR count). The van der Waals surface area contributed by atoms with Crippen molar-refractivity contribution in [3.05, 3.63) is 107 Å². The molecule has 4 fully saturated rings. The SMILES string of the molecule is Cc1ncsc1-c1ccc([C@H](C)NC(=O)[C@@H]2C[C@@H](O)CN2C(=O)C(c2cc(CCCN3CCN(CCOc4cc(N5C6CCC5CN(c5cc(-c7ccccc7O)nnc5N)C6)ccn4)CC3)no2)C(C)C)cc1. The fraction of sp³-hybridized carbons (Fsp3) is 0.473. The van der Waals surface area contributed by atoms with Crippen LogP contribution in [0.5, 0.6) is 11.6 Å². The highest BCUT2D eigenvalue weighted by Gasteiger charge is 2.44. The number of phenols is 1. The number of likely N-dealkylation sites (tertiary alicyclic amines) is 1. The molecular formula is C55H68N12O6S. The van der Waals surface area contributed by atoms with Gasteiger partial charge in [-0.3, -0.25) is 14.5 Å². The van der Waals surface area contributed by atoms with Gasteiger partial charge in [-0.1, -0.05) is 55.4 Å². The number of nitrogen functional groups attached to an aromatic ring is 1. The van der Waals surface area contributed by atoms with Gasteiger partial charge in [-0.05, 0) is 87.4 Å². The van der Waals surface area contributed by atoms with Crippen LogP contribution in [0.4, 0.5) is 17.2 Å². The number of pyridine rings is 1. The van der Waals surface area contributed by atoms with Crippen LogP contribution in [0.2, 0.25) is 0 Å². The third-order valence-corrected chi connectivity index (χ3v) is 16.3. The van der Waals surface area contributed by atoms with Gasteiger partial charge in [0, 0.05) is 100 Å². The normalized spacial score (nSPS) is 21.1. The van der Waals surface area contributed by atoms with E-state index in [1.165, 1.54) is 4.90 Å². The maximum Gasteiger partial charge on any atom is 0.243 e. The van der Waals surface area contributed by atoms with Crippen LogP contribution in [0, 0.1) is 12.8 Å². The summed E-state index contributed by atoms with van der Waals surface area (Å²) in [5.41, 5.74) is 15.2. The number of aryl methyl sites for hydroxylation is 2. The van der Waals surface area contributed by atoms with Gasteiger partial charge in [-0.25, -0.2) is 9.97 Å². The van der Waals surface area contributed by atoms with E-state index in [0.29, 0.717) is 53.8 Å². The van der Waals surface area contributed by atoms with Gasteiger partial charge in [0.15, 0.2) is 5.82 Å². The van der Waals surface area contributed by atoms with Crippen molar-refractivity contribution in [3.63, 3.8) is 0 Å². The molecule has 0 saturated carbocycles. The number of nitrogens with zero attached hydrogens (tertiary/aromatic N) is 10. The zero-order valence-electron chi connectivity index (χ0n) is 42.7. The van der Waals surface area contributed by atoms with E-state index in [2.05, 4.69) is 62.4 Å². The summed E-state index contributed by atoms with van der Waals surface area (Å²) in [4.78, 5) is 49.3. The topological polar surface area (TPSA) is 216 Å². The van der Waals surface area contributed by atoms with Crippen LogP contribution >= 0.6 is 11.3 Å². The lowest BCUT2D eigenvalue weighted by Crippen LogP contribution is -2.54. The number of aromatic hydroxyl groups is 1. The number of ether oxygens (including phenoxy) is 1. The molecule has 0 spiro atoms. The number of piperazine rings is 2. The standard InChI is InChI=1S/C55H68N12O6S/c1-34(2)51(55(71)66-32-43(68)28-47(66)54(70)59-35(3)37-11-13-38(14-12-37)52-36(4)58-33-74-52)49-26-39(62-73-49)8-7-19-63-20-22-64(23-21-63)24-25-72-50-27-40(17-18-57-50)67-41-15-16-42(67)31-65(30-41)46-29-45(60-61-53(46)56)44-9-5-6-10-48(44)69/h5-6,9-14,17-18,26-27,29,33-35,41-43,47,51,68-69H,7-8,15-16,19-25,28,30-32H2,1-4H3,(H2,56,61)(H,59,70)/t35-,41?,42?,43+,47-,51?/m0/s1. The number of aliphatic hydroxyl groups excluding tert-OH is 1. The third-order valence-electron chi connectivity index (χ3n) is 15.3. The molecule has 6 aromatic rings. The Morgan fingerprint density at radius 3 is 2.38 bits per heavy atom. The summed E-state index contributed by atoms with van der Waals surface area (Å²) in [6.45, 7) is 15.6. The van der Waals surface area contributed by atoms with Crippen molar-refractivity contribution in [1.82, 2.24) is 45.3 Å². The molecular weight excluding hydrogens is 957 g/mol. The van der Waals surface area contributed by atoms with Crippen LogP contribution in [0.25, 0.3) is 21.7 Å². The smallest absolute Gasteiger partial charge is 0.243 e. The molecule has 6 atom stereocenters. The van der Waals surface area contributed by atoms with Crippen molar-refractivity contribution < 1.29 is 29.1 Å². The second-order valence-corrected chi connectivity index (χ2v) is 21.5. The predicted octanol–water partition coefficient (Wildman–Crippen LogP) is 6.31. The number of hydrogen-bond acceptors (Lipinski definition) is 17. The van der Waals surface area contributed by atoms with Gasteiger partial charge in [0.25, 0.3) is 0 Å². The zero-order chi connectivity index (χ0) is 51.5. The Balaban J connectivity index is 0.655. The first-order chi connectivity index (χ1) is 35.9. The molecule has 0 aliphatic carbocycles. The molecule has 18 nitrogen and oxygen atoms in total. The number of hydrogen-bond donors (Lipinski definition) is 4. The molecule has 5 N–H and O–H groups in total. The number of benzene rings is 2. The fourth-order valence-corrected chi connectivity index (χ4v) is 12.1. The van der Waals surface area contributed by atoms with E-state index in [0.717, 1.165) is 110 Å². The second-order valence-electron chi connectivity index (χ2n) is 20.7. The molecule has 4 aromatic heterocycles. The molecule has 2 bridgehead atoms. The van der Waals surface area contributed by atoms with Gasteiger partial charge in [0.2, 0.25) is 17.7 Å². The number of aliphatic hydroxyl groups is 1. The minimum absolute atomic E-state index is 0.0831. The van der Waals surface area contributed by atoms with Gasteiger partial charge < -0.3 is 50.1 Å². The number of nitrogens with one attached hydrogen (secondary N) is 1. The van der Waals surface area contributed by atoms with E-state index in [1.54, 1.807) is 23.5 Å². The van der Waals surface area contributed by atoms with E-state index in [1.807, 2.05) is 87.9 Å². The van der Waals surface area contributed by atoms with Gasteiger partial charge in [0.1, 0.15) is 30.1 Å². The summed E-state index contributed by atoms with van der Waals surface area (Å²) in [5, 5.41) is 37.2. The largest absolute Gasteiger partial charge is 0.507 e. The number of fused-ring (bicyclic) bond motifs is 2. The van der Waals surface area contributed by atoms with Crippen LogP contribution in [-0.4, -0.2) is 152 Å². The lowest BCUT2D eigenvalue weighted by atomic mass is 9.91. The van der Waals surface area contributed by atoms with Crippen molar-refractivity contribution in [1.29, 1.82) is 0 Å². The monoisotopic (exact) mass is 1020 g/mol. The van der Waals surface area contributed by atoms with Crippen LogP contribution in [0.15, 0.2) is 89.0 Å². The summed E-state index contributed by atoms with van der Waals surface area (Å²) in [7, 11) is 0. The van der Waals surface area contributed by atoms with Gasteiger partial charge in [-0.2, -0.15) is 0 Å². The van der Waals surface area contributed by atoms with E-state index < -0.39 is 18.1 Å². The summed E-state index contributed by atoms with van der Waals surface area (Å²) in [5.74, 6) is 0.365. The van der Waals surface area contributed by atoms with E-state index >= 15 is 0 Å². The zero-order valence-corrected chi connectivity index (χ0v) is 43.5. The average molecular weight is 1030 g/mol. The van der Waals surface area contributed by atoms with E-state index in [4.69, 9.17) is 15.0 Å². The number of anilines is 3. The van der Waals surface area contributed by atoms with E-state index in [9.17, 15) is 19.8 Å². The van der Waals surface area contributed by atoms with Crippen molar-refractivity contribution in [2.45, 2.75) is 96.0 Å². The van der Waals surface area contributed by atoms with Gasteiger partial charge in [0.05, 0.1) is 45.3 Å².